The molecule has 202 valence electrons. The van der Waals surface area contributed by atoms with Gasteiger partial charge in [0, 0.05) is 0 Å². The number of nitrogens with zero attached hydrogens (tertiary/aromatic N) is 1. The zero-order valence-electron chi connectivity index (χ0n) is 21.0. The SMILES string of the molecule is CC(C)CCCC(C#N)(C(=O)O)C(C(=O)O)C(C)C.CCOC(=O)CC(C(=O)OCC)S(=O)(=O)O. The Hall–Kier alpha value is -2.72. The fourth-order valence-electron chi connectivity index (χ4n) is 3.34. The second-order valence-electron chi connectivity index (χ2n) is 8.50. The van der Waals surface area contributed by atoms with Gasteiger partial charge in [-0.15, -0.1) is 0 Å². The minimum atomic E-state index is -4.68. The number of esters is 2. The Balaban J connectivity index is 0. The monoisotopic (exact) mass is 523 g/mol. The van der Waals surface area contributed by atoms with E-state index in [9.17, 15) is 43.1 Å². The van der Waals surface area contributed by atoms with Crippen molar-refractivity contribution >= 4 is 34.0 Å². The van der Waals surface area contributed by atoms with Gasteiger partial charge >= 0.3 is 23.9 Å². The summed E-state index contributed by atoms with van der Waals surface area (Å²) in [7, 11) is -4.68. The topological polar surface area (TPSA) is 205 Å². The molecule has 12 nitrogen and oxygen atoms in total. The van der Waals surface area contributed by atoms with Crippen LogP contribution in [0, 0.1) is 34.5 Å². The van der Waals surface area contributed by atoms with Crippen LogP contribution in [0.1, 0.15) is 67.2 Å². The van der Waals surface area contributed by atoms with E-state index in [-0.39, 0.29) is 19.6 Å². The average Bonchev–Trinajstić information content (AvgIpc) is 2.70. The van der Waals surface area contributed by atoms with Gasteiger partial charge in [-0.3, -0.25) is 23.7 Å². The number of carboxylic acids is 2. The van der Waals surface area contributed by atoms with Crippen LogP contribution in [-0.2, 0) is 38.8 Å². The summed E-state index contributed by atoms with van der Waals surface area (Å²) in [5.74, 6) is -5.82. The molecule has 3 atom stereocenters. The molecule has 0 spiro atoms. The van der Waals surface area contributed by atoms with Crippen molar-refractivity contribution in [3.05, 3.63) is 0 Å². The Bertz CT molecular complexity index is 861. The molecule has 0 saturated heterocycles. The molecule has 0 amide bonds. The van der Waals surface area contributed by atoms with Crippen LogP contribution in [0.3, 0.4) is 0 Å². The summed E-state index contributed by atoms with van der Waals surface area (Å²) < 4.78 is 39.3. The Kier molecular flexibility index (Phi) is 15.8. The van der Waals surface area contributed by atoms with E-state index in [1.54, 1.807) is 19.9 Å². The molecule has 0 aromatic heterocycles. The highest BCUT2D eigenvalue weighted by Gasteiger charge is 2.51. The van der Waals surface area contributed by atoms with E-state index in [1.165, 1.54) is 13.8 Å². The molecule has 0 aromatic carbocycles. The lowest BCUT2D eigenvalue weighted by Gasteiger charge is -2.31. The summed E-state index contributed by atoms with van der Waals surface area (Å²) in [5, 5.41) is 26.0. The van der Waals surface area contributed by atoms with E-state index in [0.717, 1.165) is 6.42 Å². The molecule has 0 aliphatic rings. The predicted molar refractivity (Wildman–Crippen MR) is 124 cm³/mol. The molecule has 0 aliphatic carbocycles. The normalized spacial score (nSPS) is 14.5. The molecule has 35 heavy (non-hydrogen) atoms. The van der Waals surface area contributed by atoms with Gasteiger partial charge < -0.3 is 19.7 Å². The molecular weight excluding hydrogens is 486 g/mol. The van der Waals surface area contributed by atoms with Crippen LogP contribution >= 0.6 is 0 Å². The van der Waals surface area contributed by atoms with Gasteiger partial charge in [0.15, 0.2) is 10.7 Å². The van der Waals surface area contributed by atoms with Crippen LogP contribution in [0.25, 0.3) is 0 Å². The minimum absolute atomic E-state index is 0.0479. The van der Waals surface area contributed by atoms with Gasteiger partial charge in [-0.1, -0.05) is 40.5 Å². The zero-order valence-corrected chi connectivity index (χ0v) is 21.8. The molecule has 0 aliphatic heterocycles. The van der Waals surface area contributed by atoms with Gasteiger partial charge in [-0.25, -0.2) is 0 Å². The summed E-state index contributed by atoms with van der Waals surface area (Å²) >= 11 is 0. The number of carbonyl (C=O) groups is 4. The van der Waals surface area contributed by atoms with Crippen molar-refractivity contribution in [2.24, 2.45) is 23.2 Å². The number of hydrogen-bond donors (Lipinski definition) is 3. The van der Waals surface area contributed by atoms with Crippen LogP contribution in [0.15, 0.2) is 0 Å². The fraction of sp³-hybridized carbons (Fsp3) is 0.773. The Morgan fingerprint density at radius 1 is 1.00 bits per heavy atom. The molecule has 0 bridgehead atoms. The minimum Gasteiger partial charge on any atom is -0.481 e. The third-order valence-corrected chi connectivity index (χ3v) is 6.04. The van der Waals surface area contributed by atoms with E-state index >= 15 is 0 Å². The van der Waals surface area contributed by atoms with Crippen LogP contribution in [0.4, 0.5) is 0 Å². The van der Waals surface area contributed by atoms with Crippen LogP contribution in [0.5, 0.6) is 0 Å². The number of nitriles is 1. The number of ether oxygens (including phenoxy) is 2. The largest absolute Gasteiger partial charge is 0.481 e. The van der Waals surface area contributed by atoms with Crippen LogP contribution in [-0.4, -0.2) is 65.5 Å². The third kappa shape index (κ3) is 12.0. The first-order valence-electron chi connectivity index (χ1n) is 11.2. The Morgan fingerprint density at radius 2 is 1.51 bits per heavy atom. The first-order chi connectivity index (χ1) is 16.0. The lowest BCUT2D eigenvalue weighted by molar-refractivity contribution is -0.161. The summed E-state index contributed by atoms with van der Waals surface area (Å²) in [5.41, 5.74) is -1.84. The Labute approximate surface area is 206 Å². The van der Waals surface area contributed by atoms with E-state index in [2.05, 4.69) is 9.47 Å². The number of aliphatic carboxylic acids is 2. The fourth-order valence-corrected chi connectivity index (χ4v) is 4.00. The van der Waals surface area contributed by atoms with E-state index < -0.39 is 62.9 Å². The highest BCUT2D eigenvalue weighted by atomic mass is 32.2. The van der Waals surface area contributed by atoms with Gasteiger partial charge in [0.05, 0.1) is 31.6 Å². The molecule has 0 radical (unpaired) electrons. The van der Waals surface area contributed by atoms with E-state index in [0.29, 0.717) is 12.3 Å². The molecule has 0 fully saturated rings. The van der Waals surface area contributed by atoms with Crippen molar-refractivity contribution in [2.75, 3.05) is 13.2 Å². The maximum Gasteiger partial charge on any atom is 0.327 e. The quantitative estimate of drug-likeness (QED) is 0.222. The molecule has 0 heterocycles. The summed E-state index contributed by atoms with van der Waals surface area (Å²) in [6.07, 6.45) is 0.632. The second kappa shape index (κ2) is 16.0. The maximum atomic E-state index is 11.5. The summed E-state index contributed by atoms with van der Waals surface area (Å²) in [6, 6.07) is 1.77. The lowest BCUT2D eigenvalue weighted by atomic mass is 9.68. The zero-order chi connectivity index (χ0) is 28.0. The highest BCUT2D eigenvalue weighted by Crippen LogP contribution is 2.38. The van der Waals surface area contributed by atoms with Gasteiger partial charge in [-0.05, 0) is 32.1 Å². The highest BCUT2D eigenvalue weighted by molar-refractivity contribution is 7.87. The van der Waals surface area contributed by atoms with Gasteiger partial charge in [0.25, 0.3) is 10.1 Å². The number of hydrogen-bond acceptors (Lipinski definition) is 9. The van der Waals surface area contributed by atoms with Crippen LogP contribution < -0.4 is 0 Å². The molecule has 3 unspecified atom stereocenters. The standard InChI is InChI=1S/C14H23NO4.C8H14O7S/c1-9(2)6-5-7-14(8-15,13(18)19)11(10(3)4)12(16)17;1-3-14-7(9)5-6(16(11,12)13)8(10)15-4-2/h9-11H,5-7H2,1-4H3,(H,16,17)(H,18,19);6H,3-5H2,1-2H3,(H,11,12,13). The van der Waals surface area contributed by atoms with Crippen LogP contribution in [0.2, 0.25) is 0 Å². The summed E-state index contributed by atoms with van der Waals surface area (Å²) in [6.45, 7) is 10.3. The second-order valence-corrected chi connectivity index (χ2v) is 10.1. The smallest absolute Gasteiger partial charge is 0.327 e. The number of rotatable bonds is 14. The molecule has 0 aromatic rings. The van der Waals surface area contributed by atoms with E-state index in [1.807, 2.05) is 13.8 Å². The van der Waals surface area contributed by atoms with E-state index in [4.69, 9.17) is 4.55 Å². The predicted octanol–water partition coefficient (Wildman–Crippen LogP) is 2.52. The molecule has 13 heteroatoms. The van der Waals surface area contributed by atoms with Gasteiger partial charge in [-0.2, -0.15) is 13.7 Å². The summed E-state index contributed by atoms with van der Waals surface area (Å²) in [4.78, 5) is 45.0. The maximum absolute atomic E-state index is 11.5. The first-order valence-corrected chi connectivity index (χ1v) is 12.7. The van der Waals surface area contributed by atoms with Crippen molar-refractivity contribution in [2.45, 2.75) is 72.5 Å². The van der Waals surface area contributed by atoms with Gasteiger partial charge in [0.2, 0.25) is 0 Å². The van der Waals surface area contributed by atoms with Gasteiger partial charge in [0.1, 0.15) is 0 Å². The van der Waals surface area contributed by atoms with Crippen molar-refractivity contribution in [3.8, 4) is 6.07 Å². The van der Waals surface area contributed by atoms with Crippen molar-refractivity contribution < 1.29 is 51.8 Å². The molecule has 0 rings (SSSR count). The first kappa shape index (κ1) is 34.4. The third-order valence-electron chi connectivity index (χ3n) is 4.96. The molecular formula is C22H37NO11S. The van der Waals surface area contributed by atoms with Crippen molar-refractivity contribution in [1.29, 1.82) is 5.26 Å². The Morgan fingerprint density at radius 3 is 1.83 bits per heavy atom. The number of carboxylic acid groups (broad SMARTS) is 2. The lowest BCUT2D eigenvalue weighted by Crippen LogP contribution is -2.44. The number of carbonyl (C=O) groups excluding carboxylic acids is 2. The average molecular weight is 524 g/mol. The molecule has 3 N–H and O–H groups in total. The van der Waals surface area contributed by atoms with Crippen molar-refractivity contribution in [3.63, 3.8) is 0 Å². The van der Waals surface area contributed by atoms with Crippen molar-refractivity contribution in [1.82, 2.24) is 0 Å². The molecule has 0 saturated carbocycles.